The van der Waals surface area contributed by atoms with Gasteiger partial charge in [0.15, 0.2) is 12.2 Å². The third kappa shape index (κ3) is 5.85. The topological polar surface area (TPSA) is 123 Å². The van der Waals surface area contributed by atoms with Gasteiger partial charge >= 0.3 is 0 Å². The van der Waals surface area contributed by atoms with Crippen molar-refractivity contribution in [2.45, 2.75) is 37.8 Å². The molecule has 0 saturated carbocycles. The number of hydrogen-bond donors (Lipinski definition) is 2. The summed E-state index contributed by atoms with van der Waals surface area (Å²) in [6, 6.07) is 13.2. The van der Waals surface area contributed by atoms with Crippen molar-refractivity contribution in [3.63, 3.8) is 0 Å². The van der Waals surface area contributed by atoms with Crippen molar-refractivity contribution in [3.05, 3.63) is 71.3 Å². The van der Waals surface area contributed by atoms with E-state index in [0.717, 1.165) is 5.56 Å². The highest BCUT2D eigenvalue weighted by molar-refractivity contribution is 6.30. The molecule has 36 heavy (non-hydrogen) atoms. The number of carbonyl (C=O) groups excluding carboxylic acids is 3. The molecule has 10 heteroatoms. The van der Waals surface area contributed by atoms with E-state index in [9.17, 15) is 14.4 Å². The molecule has 4 rings (SSSR count). The molecule has 0 aromatic heterocycles. The van der Waals surface area contributed by atoms with E-state index in [4.69, 9.17) is 26.9 Å². The third-order valence-electron chi connectivity index (χ3n) is 6.01. The lowest BCUT2D eigenvalue weighted by Gasteiger charge is -2.21. The average molecular weight is 511 g/mol. The van der Waals surface area contributed by atoms with Gasteiger partial charge < -0.3 is 25.5 Å². The van der Waals surface area contributed by atoms with E-state index in [1.807, 2.05) is 13.0 Å². The van der Waals surface area contributed by atoms with Gasteiger partial charge in [-0.15, -0.1) is 0 Å². The summed E-state index contributed by atoms with van der Waals surface area (Å²) in [4.78, 5) is 44.2. The van der Waals surface area contributed by atoms with Crippen LogP contribution < -0.4 is 15.8 Å². The second-order valence-electron chi connectivity index (χ2n) is 8.76. The minimum Gasteiger partial charge on any atom is -0.484 e. The Kier molecular flexibility index (Phi) is 7.59. The van der Waals surface area contributed by atoms with Crippen molar-refractivity contribution in [2.75, 3.05) is 18.5 Å². The minimum absolute atomic E-state index is 0.163. The van der Waals surface area contributed by atoms with Crippen LogP contribution in [0.15, 0.2) is 65.8 Å². The summed E-state index contributed by atoms with van der Waals surface area (Å²) in [5.74, 6) is -0.639. The monoisotopic (exact) mass is 510 g/mol. The molecule has 2 atom stereocenters. The highest BCUT2D eigenvalue weighted by atomic mass is 35.5. The van der Waals surface area contributed by atoms with Crippen LogP contribution in [-0.4, -0.2) is 53.1 Å². The van der Waals surface area contributed by atoms with Gasteiger partial charge in [-0.3, -0.25) is 14.4 Å². The molecule has 0 radical (unpaired) electrons. The van der Waals surface area contributed by atoms with Crippen LogP contribution in [0, 0.1) is 0 Å². The zero-order valence-corrected chi connectivity index (χ0v) is 20.5. The van der Waals surface area contributed by atoms with Crippen molar-refractivity contribution in [2.24, 2.45) is 10.9 Å². The normalized spacial score (nSPS) is 20.9. The Morgan fingerprint density at radius 2 is 2.06 bits per heavy atom. The van der Waals surface area contributed by atoms with Crippen LogP contribution in [0.25, 0.3) is 0 Å². The molecule has 2 aromatic carbocycles. The molecule has 2 aliphatic heterocycles. The molecule has 2 unspecified atom stereocenters. The van der Waals surface area contributed by atoms with Crippen LogP contribution in [-0.2, 0) is 19.2 Å². The van der Waals surface area contributed by atoms with E-state index >= 15 is 0 Å². The number of ether oxygens (including phenoxy) is 1. The van der Waals surface area contributed by atoms with Gasteiger partial charge in [0.1, 0.15) is 11.8 Å². The van der Waals surface area contributed by atoms with Gasteiger partial charge in [-0.2, -0.15) is 0 Å². The Balaban J connectivity index is 1.39. The van der Waals surface area contributed by atoms with Crippen molar-refractivity contribution >= 4 is 40.7 Å². The molecule has 2 aromatic rings. The Labute approximate surface area is 213 Å². The smallest absolute Gasteiger partial charge is 0.262 e. The van der Waals surface area contributed by atoms with Crippen LogP contribution in [0.2, 0.25) is 5.02 Å². The number of primary amides is 1. The van der Waals surface area contributed by atoms with Crippen LogP contribution in [0.5, 0.6) is 5.75 Å². The predicted octanol–water partition coefficient (Wildman–Crippen LogP) is 3.27. The fourth-order valence-electron chi connectivity index (χ4n) is 4.27. The molecule has 1 saturated heterocycles. The van der Waals surface area contributed by atoms with E-state index in [1.54, 1.807) is 48.5 Å². The van der Waals surface area contributed by atoms with Gasteiger partial charge in [-0.05, 0) is 48.9 Å². The second-order valence-corrected chi connectivity index (χ2v) is 9.20. The van der Waals surface area contributed by atoms with Gasteiger partial charge in [0.2, 0.25) is 11.8 Å². The molecule has 2 heterocycles. The Morgan fingerprint density at radius 1 is 1.28 bits per heavy atom. The first-order chi connectivity index (χ1) is 17.3. The molecule has 3 N–H and O–H groups in total. The number of nitrogens with zero attached hydrogens (tertiary/aromatic N) is 2. The quantitative estimate of drug-likeness (QED) is 0.527. The third-order valence-corrected chi connectivity index (χ3v) is 6.26. The van der Waals surface area contributed by atoms with Gasteiger partial charge in [0.05, 0.1) is 12.3 Å². The van der Waals surface area contributed by atoms with Crippen LogP contribution in [0.1, 0.15) is 31.7 Å². The lowest BCUT2D eigenvalue weighted by atomic mass is 9.91. The van der Waals surface area contributed by atoms with Gasteiger partial charge in [-0.1, -0.05) is 41.9 Å². The zero-order chi connectivity index (χ0) is 25.7. The number of nitrogens with one attached hydrogen (secondary N) is 1. The van der Waals surface area contributed by atoms with Crippen molar-refractivity contribution in [3.8, 4) is 5.75 Å². The highest BCUT2D eigenvalue weighted by Crippen LogP contribution is 2.39. The molecule has 3 amide bonds. The van der Waals surface area contributed by atoms with E-state index in [0.29, 0.717) is 35.0 Å². The number of amides is 3. The Bertz CT molecular complexity index is 1210. The number of allylic oxidation sites excluding steroid dienone is 1. The summed E-state index contributed by atoms with van der Waals surface area (Å²) in [6.07, 6.45) is 4.56. The van der Waals surface area contributed by atoms with Gasteiger partial charge in [-0.25, -0.2) is 0 Å². The maximum absolute atomic E-state index is 12.6. The van der Waals surface area contributed by atoms with Crippen molar-refractivity contribution < 1.29 is 24.0 Å². The maximum atomic E-state index is 12.6. The van der Waals surface area contributed by atoms with E-state index in [2.05, 4.69) is 10.5 Å². The highest BCUT2D eigenvalue weighted by Gasteiger charge is 2.52. The average Bonchev–Trinajstić information content (AvgIpc) is 3.46. The number of likely N-dealkylation sites (tertiary alicyclic amines) is 1. The summed E-state index contributed by atoms with van der Waals surface area (Å²) in [6.45, 7) is 1.97. The number of nitrogens with two attached hydrogens (primary N) is 1. The summed E-state index contributed by atoms with van der Waals surface area (Å²) < 4.78 is 5.48. The minimum atomic E-state index is -0.823. The summed E-state index contributed by atoms with van der Waals surface area (Å²) in [5, 5.41) is 7.64. The largest absolute Gasteiger partial charge is 0.484 e. The number of halogens is 1. The van der Waals surface area contributed by atoms with Crippen LogP contribution in [0.3, 0.4) is 0 Å². The molecule has 9 nitrogen and oxygen atoms in total. The number of rotatable bonds is 8. The lowest BCUT2D eigenvalue weighted by molar-refractivity contribution is -0.133. The zero-order valence-electron chi connectivity index (χ0n) is 19.8. The standard InChI is InChI=1S/C26H27ClN4O5/c1-2-3-7-24(33)31-16-26(14-22(31)25(28)34)13-21(30-36-26)17-5-4-6-19(12-17)29-23(32)15-35-20-10-8-18(27)9-11-20/h3-12,22H,2,13-16H2,1H3,(H2,28,34)(H,29,32). The second kappa shape index (κ2) is 10.8. The predicted molar refractivity (Wildman–Crippen MR) is 136 cm³/mol. The van der Waals surface area contributed by atoms with Crippen LogP contribution >= 0.6 is 11.6 Å². The first-order valence-corrected chi connectivity index (χ1v) is 12.0. The van der Waals surface area contributed by atoms with E-state index in [-0.39, 0.29) is 31.4 Å². The first-order valence-electron chi connectivity index (χ1n) is 11.6. The van der Waals surface area contributed by atoms with Gasteiger partial charge in [0, 0.05) is 29.1 Å². The molecular formula is C26H27ClN4O5. The first kappa shape index (κ1) is 25.2. The van der Waals surface area contributed by atoms with E-state index in [1.165, 1.54) is 11.0 Å². The number of anilines is 1. The fourth-order valence-corrected chi connectivity index (χ4v) is 4.40. The SMILES string of the molecule is CCC=CC(=O)N1CC2(CC(c3cccc(NC(=O)COc4ccc(Cl)cc4)c3)=NO2)CC1C(N)=O. The summed E-state index contributed by atoms with van der Waals surface area (Å²) in [5.41, 5.74) is 6.75. The molecule has 0 bridgehead atoms. The lowest BCUT2D eigenvalue weighted by Crippen LogP contribution is -2.43. The van der Waals surface area contributed by atoms with Gasteiger partial charge in [0.25, 0.3) is 5.91 Å². The molecular weight excluding hydrogens is 484 g/mol. The van der Waals surface area contributed by atoms with Crippen molar-refractivity contribution in [1.82, 2.24) is 4.90 Å². The summed E-state index contributed by atoms with van der Waals surface area (Å²) in [7, 11) is 0. The molecule has 2 aliphatic rings. The maximum Gasteiger partial charge on any atom is 0.262 e. The van der Waals surface area contributed by atoms with Crippen LogP contribution in [0.4, 0.5) is 5.69 Å². The summed E-state index contributed by atoms with van der Waals surface area (Å²) >= 11 is 5.86. The Hall–Kier alpha value is -3.85. The van der Waals surface area contributed by atoms with Crippen molar-refractivity contribution in [1.29, 1.82) is 0 Å². The number of oxime groups is 1. The number of hydrogen-bond acceptors (Lipinski definition) is 6. The number of carbonyl (C=O) groups is 3. The molecule has 1 spiro atoms. The molecule has 0 aliphatic carbocycles. The Morgan fingerprint density at radius 3 is 2.78 bits per heavy atom. The fraction of sp³-hybridized carbons (Fsp3) is 0.308. The molecule has 188 valence electrons. The van der Waals surface area contributed by atoms with E-state index < -0.39 is 17.6 Å². The molecule has 1 fully saturated rings. The number of benzene rings is 2.